The molecule has 0 aliphatic carbocycles. The van der Waals surface area contributed by atoms with E-state index in [4.69, 9.17) is 0 Å². The first-order chi connectivity index (χ1) is 10.7. The summed E-state index contributed by atoms with van der Waals surface area (Å²) >= 11 is 2.11. The highest BCUT2D eigenvalue weighted by atomic mass is 32.2. The zero-order valence-electron chi connectivity index (χ0n) is 12.7. The van der Waals surface area contributed by atoms with Crippen molar-refractivity contribution in [2.75, 3.05) is 0 Å². The highest BCUT2D eigenvalue weighted by molar-refractivity contribution is 8.00. The average Bonchev–Trinajstić information content (AvgIpc) is 2.55. The van der Waals surface area contributed by atoms with E-state index >= 15 is 0 Å². The van der Waals surface area contributed by atoms with E-state index in [2.05, 4.69) is 60.3 Å². The third-order valence-corrected chi connectivity index (χ3v) is 6.66. The van der Waals surface area contributed by atoms with E-state index in [1.807, 2.05) is 6.07 Å². The topological polar surface area (TPSA) is 20.2 Å². The van der Waals surface area contributed by atoms with Crippen LogP contribution in [0.2, 0.25) is 0 Å². The smallest absolute Gasteiger partial charge is 0.0923 e. The molecule has 4 rings (SSSR count). The van der Waals surface area contributed by atoms with Crippen molar-refractivity contribution in [3.63, 3.8) is 0 Å². The number of hydrogen-bond donors (Lipinski definition) is 1. The van der Waals surface area contributed by atoms with E-state index in [1.54, 1.807) is 0 Å². The maximum atomic E-state index is 11.5. The first kappa shape index (κ1) is 14.3. The van der Waals surface area contributed by atoms with Gasteiger partial charge in [-0.2, -0.15) is 11.8 Å². The van der Waals surface area contributed by atoms with Crippen LogP contribution < -0.4 is 0 Å². The second-order valence-corrected chi connectivity index (χ2v) is 8.27. The Morgan fingerprint density at radius 2 is 1.50 bits per heavy atom. The Kier molecular flexibility index (Phi) is 3.75. The van der Waals surface area contributed by atoms with Crippen LogP contribution in [0.1, 0.15) is 37.7 Å². The number of benzene rings is 2. The lowest BCUT2D eigenvalue weighted by molar-refractivity contribution is 0.00867. The minimum atomic E-state index is -0.659. The molecule has 2 bridgehead atoms. The van der Waals surface area contributed by atoms with Crippen LogP contribution in [-0.2, 0) is 5.60 Å². The SMILES string of the molecule is OC1(c2ccccc2-c2ccccc2)CC2CCCC(C1)S2. The average molecular weight is 310 g/mol. The van der Waals surface area contributed by atoms with Crippen molar-refractivity contribution in [2.24, 2.45) is 0 Å². The Labute approximate surface area is 136 Å². The van der Waals surface area contributed by atoms with Crippen molar-refractivity contribution in [1.82, 2.24) is 0 Å². The molecule has 114 valence electrons. The monoisotopic (exact) mass is 310 g/mol. The Morgan fingerprint density at radius 3 is 2.23 bits per heavy atom. The molecule has 1 N–H and O–H groups in total. The van der Waals surface area contributed by atoms with E-state index in [-0.39, 0.29) is 0 Å². The molecule has 0 radical (unpaired) electrons. The quantitative estimate of drug-likeness (QED) is 0.843. The van der Waals surface area contributed by atoms with Crippen molar-refractivity contribution in [1.29, 1.82) is 0 Å². The van der Waals surface area contributed by atoms with Gasteiger partial charge in [-0.05, 0) is 42.4 Å². The van der Waals surface area contributed by atoms with Crippen LogP contribution in [0.25, 0.3) is 11.1 Å². The summed E-state index contributed by atoms with van der Waals surface area (Å²) in [7, 11) is 0. The molecule has 2 atom stereocenters. The largest absolute Gasteiger partial charge is 0.385 e. The number of fused-ring (bicyclic) bond motifs is 2. The molecular formula is C20H22OS. The van der Waals surface area contributed by atoms with Crippen molar-refractivity contribution >= 4 is 11.8 Å². The lowest BCUT2D eigenvalue weighted by Gasteiger charge is -2.44. The van der Waals surface area contributed by atoms with Gasteiger partial charge in [0.05, 0.1) is 5.60 Å². The van der Waals surface area contributed by atoms with E-state index in [0.29, 0.717) is 10.5 Å². The summed E-state index contributed by atoms with van der Waals surface area (Å²) in [6, 6.07) is 18.9. The zero-order chi connectivity index (χ0) is 15.0. The molecular weight excluding hydrogens is 288 g/mol. The maximum Gasteiger partial charge on any atom is 0.0923 e. The molecule has 2 aromatic rings. The predicted molar refractivity (Wildman–Crippen MR) is 94.0 cm³/mol. The Morgan fingerprint density at radius 1 is 0.864 bits per heavy atom. The van der Waals surface area contributed by atoms with Crippen molar-refractivity contribution in [3.05, 3.63) is 60.2 Å². The summed E-state index contributed by atoms with van der Waals surface area (Å²) in [6.07, 6.45) is 5.66. The second kappa shape index (κ2) is 5.75. The van der Waals surface area contributed by atoms with Gasteiger partial charge in [-0.25, -0.2) is 0 Å². The fourth-order valence-corrected chi connectivity index (χ4v) is 5.99. The molecule has 0 spiro atoms. The van der Waals surface area contributed by atoms with E-state index in [0.717, 1.165) is 18.4 Å². The summed E-state index contributed by atoms with van der Waals surface area (Å²) in [6.45, 7) is 0. The van der Waals surface area contributed by atoms with Gasteiger partial charge in [0.2, 0.25) is 0 Å². The molecule has 22 heavy (non-hydrogen) atoms. The minimum Gasteiger partial charge on any atom is -0.385 e. The first-order valence-corrected chi connectivity index (χ1v) is 9.22. The van der Waals surface area contributed by atoms with Gasteiger partial charge in [-0.15, -0.1) is 0 Å². The number of hydrogen-bond acceptors (Lipinski definition) is 2. The molecule has 2 aliphatic heterocycles. The Hall–Kier alpha value is -1.25. The highest BCUT2D eigenvalue weighted by Gasteiger charge is 2.43. The molecule has 2 saturated heterocycles. The fourth-order valence-electron chi connectivity index (χ4n) is 4.10. The third-order valence-electron chi connectivity index (χ3n) is 5.08. The number of rotatable bonds is 2. The van der Waals surface area contributed by atoms with E-state index in [1.165, 1.54) is 30.4 Å². The minimum absolute atomic E-state index is 0.626. The molecule has 0 amide bonds. The van der Waals surface area contributed by atoms with Gasteiger partial charge >= 0.3 is 0 Å². The summed E-state index contributed by atoms with van der Waals surface area (Å²) < 4.78 is 0. The molecule has 2 fully saturated rings. The van der Waals surface area contributed by atoms with Gasteiger partial charge in [0.1, 0.15) is 0 Å². The fraction of sp³-hybridized carbons (Fsp3) is 0.400. The highest BCUT2D eigenvalue weighted by Crippen LogP contribution is 2.50. The van der Waals surface area contributed by atoms with Gasteiger partial charge in [0.25, 0.3) is 0 Å². The van der Waals surface area contributed by atoms with Gasteiger partial charge in [-0.1, -0.05) is 61.0 Å². The van der Waals surface area contributed by atoms with Crippen molar-refractivity contribution in [2.45, 2.75) is 48.2 Å². The van der Waals surface area contributed by atoms with E-state index < -0.39 is 5.60 Å². The van der Waals surface area contributed by atoms with Gasteiger partial charge in [0.15, 0.2) is 0 Å². The van der Waals surface area contributed by atoms with Gasteiger partial charge in [-0.3, -0.25) is 0 Å². The summed E-state index contributed by atoms with van der Waals surface area (Å²) in [5.74, 6) is 0. The molecule has 2 aliphatic rings. The normalized spacial score (nSPS) is 31.0. The molecule has 2 heterocycles. The zero-order valence-corrected chi connectivity index (χ0v) is 13.6. The van der Waals surface area contributed by atoms with Crippen LogP contribution in [-0.4, -0.2) is 15.6 Å². The lowest BCUT2D eigenvalue weighted by Crippen LogP contribution is -2.40. The van der Waals surface area contributed by atoms with E-state index in [9.17, 15) is 5.11 Å². The maximum absolute atomic E-state index is 11.5. The molecule has 2 unspecified atom stereocenters. The second-order valence-electron chi connectivity index (χ2n) is 6.66. The van der Waals surface area contributed by atoms with Crippen LogP contribution in [0.4, 0.5) is 0 Å². The molecule has 1 nitrogen and oxygen atoms in total. The van der Waals surface area contributed by atoms with Gasteiger partial charge < -0.3 is 5.11 Å². The number of thioether (sulfide) groups is 1. The summed E-state index contributed by atoms with van der Waals surface area (Å²) in [5, 5.41) is 12.7. The van der Waals surface area contributed by atoms with Crippen LogP contribution in [0.5, 0.6) is 0 Å². The van der Waals surface area contributed by atoms with Crippen LogP contribution in [0.15, 0.2) is 54.6 Å². The number of aliphatic hydroxyl groups is 1. The standard InChI is InChI=1S/C20H22OS/c21-20(13-16-9-6-10-17(14-20)22-16)19-12-5-4-11-18(19)15-7-2-1-3-8-15/h1-5,7-8,11-12,16-17,21H,6,9-10,13-14H2. The van der Waals surface area contributed by atoms with Crippen LogP contribution in [0, 0.1) is 0 Å². The predicted octanol–water partition coefficient (Wildman–Crippen LogP) is 4.99. The molecule has 2 heteroatoms. The Balaban J connectivity index is 1.76. The first-order valence-electron chi connectivity index (χ1n) is 8.27. The van der Waals surface area contributed by atoms with Crippen molar-refractivity contribution < 1.29 is 5.11 Å². The summed E-state index contributed by atoms with van der Waals surface area (Å²) in [4.78, 5) is 0. The molecule has 0 aromatic heterocycles. The third kappa shape index (κ3) is 2.59. The lowest BCUT2D eigenvalue weighted by atomic mass is 9.77. The van der Waals surface area contributed by atoms with Gasteiger partial charge in [0, 0.05) is 10.5 Å². The van der Waals surface area contributed by atoms with Crippen LogP contribution >= 0.6 is 11.8 Å². The Bertz CT molecular complexity index is 640. The molecule has 2 aromatic carbocycles. The van der Waals surface area contributed by atoms with Crippen molar-refractivity contribution in [3.8, 4) is 11.1 Å². The molecule has 0 saturated carbocycles. The summed E-state index contributed by atoms with van der Waals surface area (Å²) in [5.41, 5.74) is 2.86. The van der Waals surface area contributed by atoms with Crippen LogP contribution in [0.3, 0.4) is 0 Å².